The average Bonchev–Trinajstić information content (AvgIpc) is 3.04. The molecule has 6 nitrogen and oxygen atoms in total. The lowest BCUT2D eigenvalue weighted by Crippen LogP contribution is -1.88. The summed E-state index contributed by atoms with van der Waals surface area (Å²) in [6.45, 7) is 0. The number of non-ortho nitro benzene ring substituents is 1. The van der Waals surface area contributed by atoms with E-state index in [1.807, 2.05) is 24.3 Å². The number of hydrogen-bond donors (Lipinski definition) is 0. The third kappa shape index (κ3) is 2.75. The van der Waals surface area contributed by atoms with E-state index in [-0.39, 0.29) is 5.69 Å². The van der Waals surface area contributed by atoms with Crippen molar-refractivity contribution in [2.75, 3.05) is 0 Å². The van der Waals surface area contributed by atoms with Gasteiger partial charge in [0.2, 0.25) is 5.82 Å². The van der Waals surface area contributed by atoms with E-state index in [2.05, 4.69) is 26.1 Å². The van der Waals surface area contributed by atoms with Gasteiger partial charge < -0.3 is 4.52 Å². The van der Waals surface area contributed by atoms with Crippen LogP contribution in [0.4, 0.5) is 5.69 Å². The Labute approximate surface area is 134 Å². The highest BCUT2D eigenvalue weighted by Gasteiger charge is 2.14. The van der Waals surface area contributed by atoms with E-state index in [9.17, 15) is 10.1 Å². The molecule has 3 aromatic rings. The first kappa shape index (κ1) is 14.4. The Morgan fingerprint density at radius 1 is 1.14 bits per heavy atom. The highest BCUT2D eigenvalue weighted by Crippen LogP contribution is 2.27. The number of nitrogens with zero attached hydrogens (tertiary/aromatic N) is 3. The average molecular weight is 360 g/mol. The van der Waals surface area contributed by atoms with Gasteiger partial charge in [0.25, 0.3) is 11.6 Å². The van der Waals surface area contributed by atoms with Crippen molar-refractivity contribution < 1.29 is 9.45 Å². The molecular weight excluding hydrogens is 350 g/mol. The molecule has 0 amide bonds. The summed E-state index contributed by atoms with van der Waals surface area (Å²) in [5.74, 6) is 0.817. The Kier molecular flexibility index (Phi) is 3.97. The van der Waals surface area contributed by atoms with Crippen LogP contribution < -0.4 is 0 Å². The van der Waals surface area contributed by atoms with Gasteiger partial charge in [-0.05, 0) is 23.8 Å². The summed E-state index contributed by atoms with van der Waals surface area (Å²) in [6, 6.07) is 13.7. The Bertz CT molecular complexity index is 815. The van der Waals surface area contributed by atoms with Crippen LogP contribution in [0.5, 0.6) is 0 Å². The SMILES string of the molecule is O=[N+]([O-])c1ccc(-c2noc(-c3ccccc3CBr)n2)cc1. The standard InChI is InChI=1S/C15H10BrN3O3/c16-9-11-3-1-2-4-13(11)15-17-14(18-22-15)10-5-7-12(8-6-10)19(20)21/h1-8H,9H2. The van der Waals surface area contributed by atoms with Crippen molar-refractivity contribution in [2.45, 2.75) is 5.33 Å². The van der Waals surface area contributed by atoms with Crippen LogP contribution in [0, 0.1) is 10.1 Å². The van der Waals surface area contributed by atoms with E-state index >= 15 is 0 Å². The van der Waals surface area contributed by atoms with Gasteiger partial charge in [-0.1, -0.05) is 39.3 Å². The fourth-order valence-electron chi connectivity index (χ4n) is 2.03. The van der Waals surface area contributed by atoms with Crippen molar-refractivity contribution in [1.82, 2.24) is 10.1 Å². The number of benzene rings is 2. The van der Waals surface area contributed by atoms with Gasteiger partial charge in [-0.15, -0.1) is 0 Å². The molecule has 0 aliphatic carbocycles. The molecule has 0 atom stereocenters. The van der Waals surface area contributed by atoms with Crippen molar-refractivity contribution in [1.29, 1.82) is 0 Å². The normalized spacial score (nSPS) is 10.6. The van der Waals surface area contributed by atoms with Crippen LogP contribution in [-0.2, 0) is 5.33 Å². The van der Waals surface area contributed by atoms with Gasteiger partial charge in [0.1, 0.15) is 0 Å². The van der Waals surface area contributed by atoms with Crippen LogP contribution in [0.2, 0.25) is 0 Å². The smallest absolute Gasteiger partial charge is 0.269 e. The lowest BCUT2D eigenvalue weighted by atomic mass is 10.1. The van der Waals surface area contributed by atoms with E-state index in [0.29, 0.717) is 22.6 Å². The first-order valence-electron chi connectivity index (χ1n) is 6.42. The summed E-state index contributed by atoms with van der Waals surface area (Å²) >= 11 is 3.43. The van der Waals surface area contributed by atoms with E-state index in [0.717, 1.165) is 11.1 Å². The zero-order chi connectivity index (χ0) is 15.5. The Morgan fingerprint density at radius 2 is 1.86 bits per heavy atom. The van der Waals surface area contributed by atoms with Crippen molar-refractivity contribution in [3.05, 3.63) is 64.2 Å². The number of nitro groups is 1. The molecule has 1 aromatic heterocycles. The predicted molar refractivity (Wildman–Crippen MR) is 84.5 cm³/mol. The second-order valence-corrected chi connectivity index (χ2v) is 5.08. The summed E-state index contributed by atoms with van der Waals surface area (Å²) in [5.41, 5.74) is 2.59. The molecule has 0 unspecified atom stereocenters. The van der Waals surface area contributed by atoms with Crippen molar-refractivity contribution >= 4 is 21.6 Å². The zero-order valence-corrected chi connectivity index (χ0v) is 12.9. The summed E-state index contributed by atoms with van der Waals surface area (Å²) in [7, 11) is 0. The molecular formula is C15H10BrN3O3. The quantitative estimate of drug-likeness (QED) is 0.396. The van der Waals surface area contributed by atoms with Gasteiger partial charge in [0.05, 0.1) is 4.92 Å². The first-order chi connectivity index (χ1) is 10.7. The highest BCUT2D eigenvalue weighted by molar-refractivity contribution is 9.08. The molecule has 1 heterocycles. The predicted octanol–water partition coefficient (Wildman–Crippen LogP) is 4.21. The molecule has 3 rings (SSSR count). The maximum atomic E-state index is 10.7. The maximum Gasteiger partial charge on any atom is 0.269 e. The zero-order valence-electron chi connectivity index (χ0n) is 11.3. The molecule has 0 fully saturated rings. The molecule has 110 valence electrons. The van der Waals surface area contributed by atoms with Crippen LogP contribution in [0.15, 0.2) is 53.1 Å². The number of alkyl halides is 1. The summed E-state index contributed by atoms with van der Waals surface area (Å²) in [4.78, 5) is 14.6. The van der Waals surface area contributed by atoms with Crippen LogP contribution >= 0.6 is 15.9 Å². The van der Waals surface area contributed by atoms with Gasteiger partial charge in [-0.3, -0.25) is 10.1 Å². The third-order valence-corrected chi connectivity index (χ3v) is 3.76. The van der Waals surface area contributed by atoms with Crippen LogP contribution in [0.25, 0.3) is 22.8 Å². The van der Waals surface area contributed by atoms with Gasteiger partial charge in [0.15, 0.2) is 0 Å². The van der Waals surface area contributed by atoms with E-state index in [1.165, 1.54) is 12.1 Å². The van der Waals surface area contributed by atoms with Gasteiger partial charge >= 0.3 is 0 Å². The van der Waals surface area contributed by atoms with Crippen LogP contribution in [0.1, 0.15) is 5.56 Å². The van der Waals surface area contributed by atoms with Gasteiger partial charge in [0, 0.05) is 28.6 Å². The second kappa shape index (κ2) is 6.07. The highest BCUT2D eigenvalue weighted by atomic mass is 79.9. The lowest BCUT2D eigenvalue weighted by molar-refractivity contribution is -0.384. The van der Waals surface area contributed by atoms with E-state index < -0.39 is 4.92 Å². The second-order valence-electron chi connectivity index (χ2n) is 4.52. The molecule has 7 heteroatoms. The van der Waals surface area contributed by atoms with Crippen LogP contribution in [-0.4, -0.2) is 15.1 Å². The van der Waals surface area contributed by atoms with Crippen LogP contribution in [0.3, 0.4) is 0 Å². The Hall–Kier alpha value is -2.54. The molecule has 0 radical (unpaired) electrons. The molecule has 0 spiro atoms. The number of aromatic nitrogens is 2. The molecule has 22 heavy (non-hydrogen) atoms. The lowest BCUT2D eigenvalue weighted by Gasteiger charge is -2.00. The van der Waals surface area contributed by atoms with E-state index in [4.69, 9.17) is 4.52 Å². The molecule has 0 aliphatic heterocycles. The minimum Gasteiger partial charge on any atom is -0.334 e. The number of nitro benzene ring substituents is 1. The van der Waals surface area contributed by atoms with E-state index in [1.54, 1.807) is 12.1 Å². The molecule has 2 aromatic carbocycles. The number of hydrogen-bond acceptors (Lipinski definition) is 5. The monoisotopic (exact) mass is 359 g/mol. The van der Waals surface area contributed by atoms with Crippen molar-refractivity contribution in [3.63, 3.8) is 0 Å². The summed E-state index contributed by atoms with van der Waals surface area (Å²) in [5, 5.41) is 15.3. The van der Waals surface area contributed by atoms with Gasteiger partial charge in [-0.2, -0.15) is 4.98 Å². The van der Waals surface area contributed by atoms with Gasteiger partial charge in [-0.25, -0.2) is 0 Å². The fourth-order valence-corrected chi connectivity index (χ4v) is 2.52. The Morgan fingerprint density at radius 3 is 2.55 bits per heavy atom. The minimum absolute atomic E-state index is 0.0251. The summed E-state index contributed by atoms with van der Waals surface area (Å²) in [6.07, 6.45) is 0. The Balaban J connectivity index is 1.95. The van der Waals surface area contributed by atoms with Crippen molar-refractivity contribution in [3.8, 4) is 22.8 Å². The number of halogens is 1. The summed E-state index contributed by atoms with van der Waals surface area (Å²) < 4.78 is 5.31. The largest absolute Gasteiger partial charge is 0.334 e. The minimum atomic E-state index is -0.447. The first-order valence-corrected chi connectivity index (χ1v) is 7.54. The topological polar surface area (TPSA) is 82.1 Å². The molecule has 0 aliphatic rings. The molecule has 0 saturated heterocycles. The fraction of sp³-hybridized carbons (Fsp3) is 0.0667. The third-order valence-electron chi connectivity index (χ3n) is 3.15. The maximum absolute atomic E-state index is 10.7. The molecule has 0 N–H and O–H groups in total. The molecule has 0 saturated carbocycles. The van der Waals surface area contributed by atoms with Crippen molar-refractivity contribution in [2.24, 2.45) is 0 Å². The molecule has 0 bridgehead atoms. The number of rotatable bonds is 4.